The van der Waals surface area contributed by atoms with E-state index in [1.165, 1.54) is 0 Å². The Hall–Kier alpha value is -2.19. The number of nitrogens with zero attached hydrogens (tertiary/aromatic N) is 4. The molecule has 2 aromatic heterocycles. The van der Waals surface area contributed by atoms with E-state index in [0.717, 1.165) is 5.56 Å². The minimum atomic E-state index is -0.766. The normalized spacial score (nSPS) is 24.7. The third-order valence-electron chi connectivity index (χ3n) is 5.06. The van der Waals surface area contributed by atoms with Crippen molar-refractivity contribution in [3.8, 4) is 0 Å². The Balaban J connectivity index is 1.37. The van der Waals surface area contributed by atoms with Crippen LogP contribution < -0.4 is 0 Å². The summed E-state index contributed by atoms with van der Waals surface area (Å²) in [6.07, 6.45) is 4.89. The molecule has 2 aliphatic heterocycles. The molecule has 1 atom stereocenters. The van der Waals surface area contributed by atoms with E-state index in [4.69, 9.17) is 9.26 Å². The van der Waals surface area contributed by atoms with Crippen molar-refractivity contribution in [2.75, 3.05) is 19.7 Å². The highest BCUT2D eigenvalue weighted by Gasteiger charge is 2.55. The summed E-state index contributed by atoms with van der Waals surface area (Å²) in [6.45, 7) is 5.64. The third kappa shape index (κ3) is 2.96. The highest BCUT2D eigenvalue weighted by molar-refractivity contribution is 5.93. The molecule has 0 aliphatic carbocycles. The van der Waals surface area contributed by atoms with E-state index in [1.54, 1.807) is 21.8 Å². The second-order valence-electron chi connectivity index (χ2n) is 7.28. The number of ether oxygens (including phenoxy) is 1. The zero-order chi connectivity index (χ0) is 17.7. The topological polar surface area (TPSA) is 93.6 Å². The van der Waals surface area contributed by atoms with Gasteiger partial charge in [-0.2, -0.15) is 5.10 Å². The first kappa shape index (κ1) is 16.3. The number of carbonyl (C=O) groups is 1. The minimum Gasteiger partial charge on any atom is -0.387 e. The zero-order valence-corrected chi connectivity index (χ0v) is 14.4. The third-order valence-corrected chi connectivity index (χ3v) is 5.06. The molecule has 2 aliphatic rings. The second-order valence-corrected chi connectivity index (χ2v) is 7.28. The largest absolute Gasteiger partial charge is 0.387 e. The maximum Gasteiger partial charge on any atom is 0.276 e. The van der Waals surface area contributed by atoms with Gasteiger partial charge in [-0.3, -0.25) is 9.48 Å². The average molecular weight is 346 g/mol. The van der Waals surface area contributed by atoms with Crippen LogP contribution in [0, 0.1) is 6.92 Å². The lowest BCUT2D eigenvalue weighted by Gasteiger charge is -2.46. The molecule has 25 heavy (non-hydrogen) atoms. The van der Waals surface area contributed by atoms with Crippen LogP contribution in [0.5, 0.6) is 0 Å². The maximum atomic E-state index is 12.5. The van der Waals surface area contributed by atoms with Crippen molar-refractivity contribution in [1.82, 2.24) is 19.8 Å². The molecule has 1 spiro atoms. The van der Waals surface area contributed by atoms with Crippen molar-refractivity contribution in [3.63, 3.8) is 0 Å². The van der Waals surface area contributed by atoms with Crippen molar-refractivity contribution in [1.29, 1.82) is 0 Å². The Bertz CT molecular complexity index is 792. The van der Waals surface area contributed by atoms with Crippen LogP contribution in [-0.4, -0.2) is 61.7 Å². The summed E-state index contributed by atoms with van der Waals surface area (Å²) in [7, 11) is 0. The number of aromatic nitrogens is 3. The lowest BCUT2D eigenvalue weighted by atomic mass is 9.83. The Morgan fingerprint density at radius 2 is 2.24 bits per heavy atom. The van der Waals surface area contributed by atoms with Gasteiger partial charge in [0.05, 0.1) is 31.5 Å². The summed E-state index contributed by atoms with van der Waals surface area (Å²) < 4.78 is 12.8. The van der Waals surface area contributed by atoms with Gasteiger partial charge in [0.1, 0.15) is 12.1 Å². The maximum absolute atomic E-state index is 12.5. The lowest BCUT2D eigenvalue weighted by Crippen LogP contribution is -2.63. The van der Waals surface area contributed by atoms with Gasteiger partial charge in [0.25, 0.3) is 5.91 Å². The quantitative estimate of drug-likeness (QED) is 0.887. The van der Waals surface area contributed by atoms with Crippen LogP contribution in [0.1, 0.15) is 41.6 Å². The molecule has 1 N–H and O–H groups in total. The summed E-state index contributed by atoms with van der Waals surface area (Å²) in [5, 5.41) is 18.4. The molecule has 0 saturated carbocycles. The van der Waals surface area contributed by atoms with Gasteiger partial charge in [0, 0.05) is 18.7 Å². The highest BCUT2D eigenvalue weighted by atomic mass is 16.5. The SMILES string of the molecule is CCC1(O)COC2(CN(C(=O)c3cc(Cn4cc(C)cn4)on3)C2)C1. The molecule has 0 bridgehead atoms. The zero-order valence-electron chi connectivity index (χ0n) is 14.4. The predicted molar refractivity (Wildman–Crippen MR) is 87.0 cm³/mol. The van der Waals surface area contributed by atoms with E-state index in [-0.39, 0.29) is 11.6 Å². The van der Waals surface area contributed by atoms with Crippen LogP contribution in [0.4, 0.5) is 0 Å². The van der Waals surface area contributed by atoms with Crippen molar-refractivity contribution >= 4 is 5.91 Å². The van der Waals surface area contributed by atoms with E-state index in [2.05, 4.69) is 10.3 Å². The molecule has 8 nitrogen and oxygen atoms in total. The lowest BCUT2D eigenvalue weighted by molar-refractivity contribution is -0.0957. The number of aliphatic hydroxyl groups is 1. The summed E-state index contributed by atoms with van der Waals surface area (Å²) >= 11 is 0. The average Bonchev–Trinajstić information content (AvgIpc) is 3.26. The first-order valence-electron chi connectivity index (χ1n) is 8.51. The van der Waals surface area contributed by atoms with Crippen molar-refractivity contribution < 1.29 is 19.2 Å². The Morgan fingerprint density at radius 3 is 2.88 bits per heavy atom. The molecule has 2 fully saturated rings. The first-order chi connectivity index (χ1) is 11.9. The fraction of sp³-hybridized carbons (Fsp3) is 0.588. The van der Waals surface area contributed by atoms with E-state index in [9.17, 15) is 9.90 Å². The van der Waals surface area contributed by atoms with Gasteiger partial charge in [-0.25, -0.2) is 0 Å². The van der Waals surface area contributed by atoms with Crippen LogP contribution in [0.2, 0.25) is 0 Å². The Kier molecular flexibility index (Phi) is 3.69. The van der Waals surface area contributed by atoms with Crippen molar-refractivity contribution in [2.24, 2.45) is 0 Å². The summed E-state index contributed by atoms with van der Waals surface area (Å²) in [5.74, 6) is 0.409. The molecular weight excluding hydrogens is 324 g/mol. The van der Waals surface area contributed by atoms with E-state index >= 15 is 0 Å². The van der Waals surface area contributed by atoms with E-state index < -0.39 is 11.2 Å². The van der Waals surface area contributed by atoms with Gasteiger partial charge in [-0.15, -0.1) is 0 Å². The van der Waals surface area contributed by atoms with Gasteiger partial charge >= 0.3 is 0 Å². The van der Waals surface area contributed by atoms with Crippen LogP contribution >= 0.6 is 0 Å². The molecule has 4 rings (SSSR count). The molecule has 134 valence electrons. The Labute approximate surface area is 145 Å². The number of likely N-dealkylation sites (tertiary alicyclic amines) is 1. The molecule has 8 heteroatoms. The van der Waals surface area contributed by atoms with E-state index in [0.29, 0.717) is 44.8 Å². The van der Waals surface area contributed by atoms with Crippen molar-refractivity contribution in [2.45, 2.75) is 44.4 Å². The second kappa shape index (κ2) is 5.67. The molecule has 1 unspecified atom stereocenters. The standard InChI is InChI=1S/C17H22N4O4/c1-3-16(23)8-17(24-11-16)9-20(10-17)15(22)14-4-13(25-19-14)7-21-6-12(2)5-18-21/h4-6,23H,3,7-11H2,1-2H3. The fourth-order valence-electron chi connectivity index (χ4n) is 3.58. The summed E-state index contributed by atoms with van der Waals surface area (Å²) in [6, 6.07) is 1.65. The molecule has 4 heterocycles. The number of hydrogen-bond acceptors (Lipinski definition) is 6. The van der Waals surface area contributed by atoms with Gasteiger partial charge < -0.3 is 19.3 Å². The molecule has 2 saturated heterocycles. The number of rotatable bonds is 4. The fourth-order valence-corrected chi connectivity index (χ4v) is 3.58. The van der Waals surface area contributed by atoms with Crippen LogP contribution in [0.15, 0.2) is 23.0 Å². The Morgan fingerprint density at radius 1 is 1.44 bits per heavy atom. The van der Waals surface area contributed by atoms with E-state index in [1.807, 2.05) is 20.0 Å². The number of carbonyl (C=O) groups excluding carboxylic acids is 1. The molecule has 0 aromatic carbocycles. The van der Waals surface area contributed by atoms with Crippen molar-refractivity contribution in [3.05, 3.63) is 35.5 Å². The van der Waals surface area contributed by atoms with Crippen LogP contribution in [0.25, 0.3) is 0 Å². The molecular formula is C17H22N4O4. The van der Waals surface area contributed by atoms with Gasteiger partial charge in [0.15, 0.2) is 11.5 Å². The first-order valence-corrected chi connectivity index (χ1v) is 8.51. The van der Waals surface area contributed by atoms with Gasteiger partial charge in [-0.1, -0.05) is 12.1 Å². The number of amides is 1. The number of hydrogen-bond donors (Lipinski definition) is 1. The smallest absolute Gasteiger partial charge is 0.276 e. The molecule has 1 amide bonds. The summed E-state index contributed by atoms with van der Waals surface area (Å²) in [4.78, 5) is 14.2. The van der Waals surface area contributed by atoms with Gasteiger partial charge in [0.2, 0.25) is 0 Å². The minimum absolute atomic E-state index is 0.173. The van der Waals surface area contributed by atoms with Crippen LogP contribution in [0.3, 0.4) is 0 Å². The highest BCUT2D eigenvalue weighted by Crippen LogP contribution is 2.41. The predicted octanol–water partition coefficient (Wildman–Crippen LogP) is 0.984. The number of aryl methyl sites for hydroxylation is 1. The van der Waals surface area contributed by atoms with Crippen LogP contribution in [-0.2, 0) is 11.3 Å². The molecule has 2 aromatic rings. The molecule has 0 radical (unpaired) electrons. The monoisotopic (exact) mass is 346 g/mol. The van der Waals surface area contributed by atoms with Gasteiger partial charge in [-0.05, 0) is 18.9 Å². The summed E-state index contributed by atoms with van der Waals surface area (Å²) in [5.41, 5.74) is 0.181.